The van der Waals surface area contributed by atoms with Gasteiger partial charge in [-0.1, -0.05) is 6.42 Å². The molecule has 2 N–H and O–H groups in total. The van der Waals surface area contributed by atoms with Crippen molar-refractivity contribution < 1.29 is 4.79 Å². The molecule has 0 radical (unpaired) electrons. The van der Waals surface area contributed by atoms with Gasteiger partial charge in [-0.2, -0.15) is 0 Å². The average Bonchev–Trinajstić information content (AvgIpc) is 2.84. The van der Waals surface area contributed by atoms with Crippen LogP contribution in [-0.2, 0) is 4.79 Å². The molecule has 0 saturated heterocycles. The van der Waals surface area contributed by atoms with Gasteiger partial charge >= 0.3 is 0 Å². The highest BCUT2D eigenvalue weighted by atomic mass is 16.1. The van der Waals surface area contributed by atoms with Gasteiger partial charge in [-0.25, -0.2) is 0 Å². The van der Waals surface area contributed by atoms with E-state index in [1.807, 2.05) is 0 Å². The lowest BCUT2D eigenvalue weighted by atomic mass is 9.80. The van der Waals surface area contributed by atoms with Gasteiger partial charge in [0, 0.05) is 25.0 Å². The molecule has 86 valence electrons. The highest BCUT2D eigenvalue weighted by Gasteiger charge is 2.24. The van der Waals surface area contributed by atoms with Gasteiger partial charge in [-0.05, 0) is 38.5 Å². The lowest BCUT2D eigenvalue weighted by Crippen LogP contribution is -2.39. The second-order valence-electron chi connectivity index (χ2n) is 5.03. The maximum absolute atomic E-state index is 11.4. The standard InChI is InChI=1S/C12H22N2O/c1-9(10-3-2-4-10)13-8-7-12(15)14-11-5-6-11/h9-11,13H,2-8H2,1H3,(H,14,15). The van der Waals surface area contributed by atoms with Crippen LogP contribution >= 0.6 is 0 Å². The molecule has 0 aromatic rings. The van der Waals surface area contributed by atoms with Crippen LogP contribution in [0.25, 0.3) is 0 Å². The number of hydrogen-bond acceptors (Lipinski definition) is 2. The maximum atomic E-state index is 11.4. The number of carbonyl (C=O) groups excluding carboxylic acids is 1. The Bertz CT molecular complexity index is 222. The first-order chi connectivity index (χ1) is 7.25. The predicted octanol–water partition coefficient (Wildman–Crippen LogP) is 1.43. The van der Waals surface area contributed by atoms with Crippen LogP contribution in [-0.4, -0.2) is 24.5 Å². The van der Waals surface area contributed by atoms with Crippen LogP contribution < -0.4 is 10.6 Å². The Morgan fingerprint density at radius 3 is 2.60 bits per heavy atom. The van der Waals surface area contributed by atoms with E-state index in [1.165, 1.54) is 32.1 Å². The van der Waals surface area contributed by atoms with Crippen LogP contribution in [0.2, 0.25) is 0 Å². The first-order valence-electron chi connectivity index (χ1n) is 6.28. The fourth-order valence-electron chi connectivity index (χ4n) is 2.05. The summed E-state index contributed by atoms with van der Waals surface area (Å²) >= 11 is 0. The highest BCUT2D eigenvalue weighted by molar-refractivity contribution is 5.76. The summed E-state index contributed by atoms with van der Waals surface area (Å²) in [7, 11) is 0. The van der Waals surface area contributed by atoms with E-state index < -0.39 is 0 Å². The lowest BCUT2D eigenvalue weighted by Gasteiger charge is -2.32. The fourth-order valence-corrected chi connectivity index (χ4v) is 2.05. The number of hydrogen-bond donors (Lipinski definition) is 2. The van der Waals surface area contributed by atoms with Crippen molar-refractivity contribution in [1.82, 2.24) is 10.6 Å². The zero-order valence-electron chi connectivity index (χ0n) is 9.59. The van der Waals surface area contributed by atoms with E-state index in [2.05, 4.69) is 17.6 Å². The summed E-state index contributed by atoms with van der Waals surface area (Å²) < 4.78 is 0. The number of amides is 1. The van der Waals surface area contributed by atoms with Gasteiger partial charge in [0.2, 0.25) is 5.91 Å². The van der Waals surface area contributed by atoms with E-state index in [1.54, 1.807) is 0 Å². The molecule has 1 unspecified atom stereocenters. The van der Waals surface area contributed by atoms with Crippen molar-refractivity contribution in [2.24, 2.45) is 5.92 Å². The Morgan fingerprint density at radius 1 is 1.33 bits per heavy atom. The predicted molar refractivity (Wildman–Crippen MR) is 60.6 cm³/mol. The van der Waals surface area contributed by atoms with Gasteiger partial charge < -0.3 is 10.6 Å². The smallest absolute Gasteiger partial charge is 0.221 e. The van der Waals surface area contributed by atoms with E-state index in [0.29, 0.717) is 18.5 Å². The monoisotopic (exact) mass is 210 g/mol. The van der Waals surface area contributed by atoms with Crippen LogP contribution in [0.1, 0.15) is 45.4 Å². The highest BCUT2D eigenvalue weighted by Crippen LogP contribution is 2.29. The molecule has 0 bridgehead atoms. The van der Waals surface area contributed by atoms with Gasteiger partial charge in [-0.15, -0.1) is 0 Å². The second kappa shape index (κ2) is 4.97. The molecule has 0 aromatic carbocycles. The summed E-state index contributed by atoms with van der Waals surface area (Å²) in [6.07, 6.45) is 7.10. The molecule has 2 rings (SSSR count). The van der Waals surface area contributed by atoms with E-state index in [-0.39, 0.29) is 5.91 Å². The molecule has 0 heterocycles. The zero-order chi connectivity index (χ0) is 10.7. The molecule has 15 heavy (non-hydrogen) atoms. The van der Waals surface area contributed by atoms with E-state index in [4.69, 9.17) is 0 Å². The summed E-state index contributed by atoms with van der Waals surface area (Å²) in [4.78, 5) is 11.4. The van der Waals surface area contributed by atoms with Crippen molar-refractivity contribution in [2.45, 2.75) is 57.5 Å². The van der Waals surface area contributed by atoms with Crippen LogP contribution in [0.3, 0.4) is 0 Å². The van der Waals surface area contributed by atoms with Crippen molar-refractivity contribution in [3.8, 4) is 0 Å². The SMILES string of the molecule is CC(NCCC(=O)NC1CC1)C1CCC1. The van der Waals surface area contributed by atoms with E-state index in [9.17, 15) is 4.79 Å². The molecular formula is C12H22N2O. The van der Waals surface area contributed by atoms with Gasteiger partial charge in [0.25, 0.3) is 0 Å². The van der Waals surface area contributed by atoms with Gasteiger partial charge in [-0.3, -0.25) is 4.79 Å². The molecule has 2 saturated carbocycles. The molecule has 2 aliphatic rings. The average molecular weight is 210 g/mol. The van der Waals surface area contributed by atoms with Gasteiger partial charge in [0.05, 0.1) is 0 Å². The van der Waals surface area contributed by atoms with Crippen molar-refractivity contribution in [2.75, 3.05) is 6.54 Å². The minimum absolute atomic E-state index is 0.214. The van der Waals surface area contributed by atoms with Crippen molar-refractivity contribution >= 4 is 5.91 Å². The van der Waals surface area contributed by atoms with Crippen LogP contribution in [0.5, 0.6) is 0 Å². The van der Waals surface area contributed by atoms with Crippen LogP contribution in [0.15, 0.2) is 0 Å². The number of nitrogens with one attached hydrogen (secondary N) is 2. The molecule has 1 atom stereocenters. The van der Waals surface area contributed by atoms with E-state index in [0.717, 1.165) is 12.5 Å². The van der Waals surface area contributed by atoms with Crippen molar-refractivity contribution in [1.29, 1.82) is 0 Å². The summed E-state index contributed by atoms with van der Waals surface area (Å²) in [5.41, 5.74) is 0. The Morgan fingerprint density at radius 2 is 2.07 bits per heavy atom. The minimum Gasteiger partial charge on any atom is -0.353 e. The minimum atomic E-state index is 0.214. The van der Waals surface area contributed by atoms with Crippen molar-refractivity contribution in [3.63, 3.8) is 0 Å². The quantitative estimate of drug-likeness (QED) is 0.696. The summed E-state index contributed by atoms with van der Waals surface area (Å²) in [5, 5.41) is 6.45. The van der Waals surface area contributed by atoms with Crippen molar-refractivity contribution in [3.05, 3.63) is 0 Å². The van der Waals surface area contributed by atoms with Gasteiger partial charge in [0.1, 0.15) is 0 Å². The maximum Gasteiger partial charge on any atom is 0.221 e. The summed E-state index contributed by atoms with van der Waals surface area (Å²) in [5.74, 6) is 1.07. The Labute approximate surface area is 92.0 Å². The molecule has 0 spiro atoms. The lowest BCUT2D eigenvalue weighted by molar-refractivity contribution is -0.121. The number of carbonyl (C=O) groups is 1. The molecule has 3 nitrogen and oxygen atoms in total. The third kappa shape index (κ3) is 3.49. The Kier molecular flexibility index (Phi) is 3.62. The zero-order valence-corrected chi connectivity index (χ0v) is 9.59. The van der Waals surface area contributed by atoms with Crippen LogP contribution in [0, 0.1) is 5.92 Å². The largest absolute Gasteiger partial charge is 0.353 e. The third-order valence-corrected chi connectivity index (χ3v) is 3.62. The van der Waals surface area contributed by atoms with E-state index >= 15 is 0 Å². The first kappa shape index (κ1) is 10.9. The molecule has 2 aliphatic carbocycles. The fraction of sp³-hybridized carbons (Fsp3) is 0.917. The van der Waals surface area contributed by atoms with Crippen LogP contribution in [0.4, 0.5) is 0 Å². The molecule has 2 fully saturated rings. The third-order valence-electron chi connectivity index (χ3n) is 3.62. The second-order valence-corrected chi connectivity index (χ2v) is 5.03. The molecule has 0 aromatic heterocycles. The first-order valence-corrected chi connectivity index (χ1v) is 6.28. The summed E-state index contributed by atoms with van der Waals surface area (Å²) in [6, 6.07) is 1.09. The normalized spacial score (nSPS) is 23.3. The number of rotatable bonds is 6. The molecular weight excluding hydrogens is 188 g/mol. The Hall–Kier alpha value is -0.570. The Balaban J connectivity index is 1.51. The molecule has 3 heteroatoms. The summed E-state index contributed by atoms with van der Waals surface area (Å²) in [6.45, 7) is 3.07. The molecule has 0 aliphatic heterocycles. The van der Waals surface area contributed by atoms with Gasteiger partial charge in [0.15, 0.2) is 0 Å². The topological polar surface area (TPSA) is 41.1 Å². The molecule has 1 amide bonds.